The van der Waals surface area contributed by atoms with Crippen LogP contribution in [-0.2, 0) is 6.54 Å². The van der Waals surface area contributed by atoms with E-state index >= 15 is 0 Å². The molecular formula is C14H22FN3. The second-order valence-corrected chi connectivity index (χ2v) is 4.60. The zero-order chi connectivity index (χ0) is 13.4. The molecule has 0 fully saturated rings. The van der Waals surface area contributed by atoms with Crippen LogP contribution in [0.1, 0.15) is 26.3 Å². The van der Waals surface area contributed by atoms with E-state index in [0.717, 1.165) is 24.6 Å². The van der Waals surface area contributed by atoms with E-state index in [2.05, 4.69) is 29.5 Å². The van der Waals surface area contributed by atoms with Gasteiger partial charge in [0.25, 0.3) is 0 Å². The zero-order valence-electron chi connectivity index (χ0n) is 11.3. The van der Waals surface area contributed by atoms with Gasteiger partial charge in [0.1, 0.15) is 5.82 Å². The van der Waals surface area contributed by atoms with Crippen molar-refractivity contribution in [3.8, 4) is 0 Å². The van der Waals surface area contributed by atoms with Crippen molar-refractivity contribution < 1.29 is 4.39 Å². The number of nitrogens with one attached hydrogen (secondary N) is 2. The van der Waals surface area contributed by atoms with Gasteiger partial charge in [0, 0.05) is 13.1 Å². The van der Waals surface area contributed by atoms with E-state index in [0.29, 0.717) is 12.5 Å². The molecule has 100 valence electrons. The first-order valence-corrected chi connectivity index (χ1v) is 6.38. The highest BCUT2D eigenvalue weighted by Crippen LogP contribution is 2.03. The highest BCUT2D eigenvalue weighted by Gasteiger charge is 1.99. The Kier molecular flexibility index (Phi) is 6.19. The lowest BCUT2D eigenvalue weighted by molar-refractivity contribution is 0.614. The van der Waals surface area contributed by atoms with Gasteiger partial charge >= 0.3 is 0 Å². The summed E-state index contributed by atoms with van der Waals surface area (Å²) >= 11 is 0. The zero-order valence-corrected chi connectivity index (χ0v) is 11.3. The van der Waals surface area contributed by atoms with Crippen molar-refractivity contribution in [2.24, 2.45) is 10.9 Å². The Hall–Kier alpha value is -1.58. The molecule has 3 nitrogen and oxygen atoms in total. The van der Waals surface area contributed by atoms with Crippen molar-refractivity contribution in [2.45, 2.75) is 27.3 Å². The third-order valence-electron chi connectivity index (χ3n) is 2.35. The van der Waals surface area contributed by atoms with Crippen LogP contribution >= 0.6 is 0 Å². The molecule has 0 aliphatic rings. The molecule has 0 spiro atoms. The van der Waals surface area contributed by atoms with Crippen LogP contribution in [0.25, 0.3) is 0 Å². The molecule has 0 amide bonds. The van der Waals surface area contributed by atoms with Gasteiger partial charge in [0.05, 0.1) is 6.54 Å². The minimum absolute atomic E-state index is 0.215. The average Bonchev–Trinajstić information content (AvgIpc) is 2.34. The van der Waals surface area contributed by atoms with E-state index in [1.807, 2.05) is 6.92 Å². The summed E-state index contributed by atoms with van der Waals surface area (Å²) in [6.45, 7) is 8.59. The van der Waals surface area contributed by atoms with Gasteiger partial charge in [0.15, 0.2) is 5.96 Å². The molecular weight excluding hydrogens is 229 g/mol. The quantitative estimate of drug-likeness (QED) is 0.623. The van der Waals surface area contributed by atoms with E-state index in [-0.39, 0.29) is 5.82 Å². The summed E-state index contributed by atoms with van der Waals surface area (Å²) in [7, 11) is 0. The summed E-state index contributed by atoms with van der Waals surface area (Å²) in [4.78, 5) is 4.46. The predicted octanol–water partition coefficient (Wildman–Crippen LogP) is 2.54. The Balaban J connectivity index is 2.56. The second-order valence-electron chi connectivity index (χ2n) is 4.60. The van der Waals surface area contributed by atoms with Crippen LogP contribution in [0.3, 0.4) is 0 Å². The van der Waals surface area contributed by atoms with Gasteiger partial charge in [-0.3, -0.25) is 0 Å². The third-order valence-corrected chi connectivity index (χ3v) is 2.35. The van der Waals surface area contributed by atoms with Crippen molar-refractivity contribution in [3.63, 3.8) is 0 Å². The number of rotatable bonds is 5. The second kappa shape index (κ2) is 7.69. The molecule has 0 aromatic heterocycles. The molecule has 1 aromatic carbocycles. The predicted molar refractivity (Wildman–Crippen MR) is 74.1 cm³/mol. The van der Waals surface area contributed by atoms with Crippen molar-refractivity contribution >= 4 is 5.96 Å². The molecule has 0 bridgehead atoms. The van der Waals surface area contributed by atoms with Gasteiger partial charge in [-0.2, -0.15) is 0 Å². The van der Waals surface area contributed by atoms with Gasteiger partial charge < -0.3 is 10.6 Å². The number of benzene rings is 1. The molecule has 18 heavy (non-hydrogen) atoms. The normalized spacial score (nSPS) is 11.7. The fourth-order valence-electron chi connectivity index (χ4n) is 1.40. The Morgan fingerprint density at radius 2 is 1.89 bits per heavy atom. The maximum absolute atomic E-state index is 12.8. The van der Waals surface area contributed by atoms with E-state index in [9.17, 15) is 4.39 Å². The summed E-state index contributed by atoms with van der Waals surface area (Å²) in [5, 5.41) is 6.45. The SMILES string of the molecule is CCNC(=NCc1ccc(F)cc1)NCC(C)C. The van der Waals surface area contributed by atoms with Crippen LogP contribution in [0.15, 0.2) is 29.3 Å². The van der Waals surface area contributed by atoms with Gasteiger partial charge in [-0.05, 0) is 30.5 Å². The molecule has 1 aromatic rings. The van der Waals surface area contributed by atoms with Crippen molar-refractivity contribution in [1.82, 2.24) is 10.6 Å². The monoisotopic (exact) mass is 251 g/mol. The van der Waals surface area contributed by atoms with Crippen LogP contribution < -0.4 is 10.6 Å². The van der Waals surface area contributed by atoms with Gasteiger partial charge in [-0.25, -0.2) is 9.38 Å². The lowest BCUT2D eigenvalue weighted by Gasteiger charge is -2.12. The summed E-state index contributed by atoms with van der Waals surface area (Å²) in [5.74, 6) is 1.16. The highest BCUT2D eigenvalue weighted by atomic mass is 19.1. The Bertz CT molecular complexity index is 371. The number of hydrogen-bond acceptors (Lipinski definition) is 1. The van der Waals surface area contributed by atoms with Gasteiger partial charge in [-0.1, -0.05) is 26.0 Å². The fraction of sp³-hybridized carbons (Fsp3) is 0.500. The van der Waals surface area contributed by atoms with Gasteiger partial charge in [0.2, 0.25) is 0 Å². The smallest absolute Gasteiger partial charge is 0.191 e. The van der Waals surface area contributed by atoms with Crippen molar-refractivity contribution in [3.05, 3.63) is 35.6 Å². The van der Waals surface area contributed by atoms with Crippen LogP contribution in [0.4, 0.5) is 4.39 Å². The largest absolute Gasteiger partial charge is 0.357 e. The molecule has 0 radical (unpaired) electrons. The molecule has 0 atom stereocenters. The van der Waals surface area contributed by atoms with Gasteiger partial charge in [-0.15, -0.1) is 0 Å². The lowest BCUT2D eigenvalue weighted by atomic mass is 10.2. The minimum Gasteiger partial charge on any atom is -0.357 e. The molecule has 0 unspecified atom stereocenters. The average molecular weight is 251 g/mol. The van der Waals surface area contributed by atoms with Crippen LogP contribution in [-0.4, -0.2) is 19.0 Å². The number of hydrogen-bond donors (Lipinski definition) is 2. The first-order valence-electron chi connectivity index (χ1n) is 6.38. The standard InChI is InChI=1S/C14H22FN3/c1-4-16-14(17-9-11(2)3)18-10-12-5-7-13(15)8-6-12/h5-8,11H,4,9-10H2,1-3H3,(H2,16,17,18). The fourth-order valence-corrected chi connectivity index (χ4v) is 1.40. The third kappa shape index (κ3) is 5.66. The number of aliphatic imine (C=N–C) groups is 1. The Morgan fingerprint density at radius 1 is 1.22 bits per heavy atom. The maximum Gasteiger partial charge on any atom is 0.191 e. The summed E-state index contributed by atoms with van der Waals surface area (Å²) in [6, 6.07) is 6.42. The summed E-state index contributed by atoms with van der Waals surface area (Å²) in [5.41, 5.74) is 0.998. The van der Waals surface area contributed by atoms with E-state index in [1.54, 1.807) is 12.1 Å². The summed E-state index contributed by atoms with van der Waals surface area (Å²) < 4.78 is 12.8. The van der Waals surface area contributed by atoms with Crippen molar-refractivity contribution in [2.75, 3.05) is 13.1 Å². The molecule has 1 rings (SSSR count). The first-order chi connectivity index (χ1) is 8.61. The molecule has 0 saturated heterocycles. The Morgan fingerprint density at radius 3 is 2.44 bits per heavy atom. The number of guanidine groups is 1. The molecule has 0 aliphatic carbocycles. The first kappa shape index (κ1) is 14.5. The van der Waals surface area contributed by atoms with E-state index < -0.39 is 0 Å². The number of nitrogens with zero attached hydrogens (tertiary/aromatic N) is 1. The topological polar surface area (TPSA) is 36.4 Å². The van der Waals surface area contributed by atoms with Crippen LogP contribution in [0.5, 0.6) is 0 Å². The summed E-state index contributed by atoms with van der Waals surface area (Å²) in [6.07, 6.45) is 0. The van der Waals surface area contributed by atoms with E-state index in [1.165, 1.54) is 12.1 Å². The maximum atomic E-state index is 12.8. The lowest BCUT2D eigenvalue weighted by Crippen LogP contribution is -2.39. The van der Waals surface area contributed by atoms with Crippen molar-refractivity contribution in [1.29, 1.82) is 0 Å². The molecule has 0 heterocycles. The van der Waals surface area contributed by atoms with E-state index in [4.69, 9.17) is 0 Å². The van der Waals surface area contributed by atoms with Crippen LogP contribution in [0, 0.1) is 11.7 Å². The molecule has 0 aliphatic heterocycles. The highest BCUT2D eigenvalue weighted by molar-refractivity contribution is 5.79. The number of halogens is 1. The minimum atomic E-state index is -0.215. The van der Waals surface area contributed by atoms with Crippen LogP contribution in [0.2, 0.25) is 0 Å². The molecule has 2 N–H and O–H groups in total. The molecule has 0 saturated carbocycles. The Labute approximate surface area is 109 Å². The molecule has 4 heteroatoms.